The van der Waals surface area contributed by atoms with Crippen LogP contribution in [0, 0.1) is 5.82 Å². The van der Waals surface area contributed by atoms with Crippen molar-refractivity contribution in [1.29, 1.82) is 0 Å². The lowest BCUT2D eigenvalue weighted by Gasteiger charge is -2.12. The molecule has 0 bridgehead atoms. The number of halogens is 1. The van der Waals surface area contributed by atoms with E-state index in [0.717, 1.165) is 5.56 Å². The van der Waals surface area contributed by atoms with Crippen molar-refractivity contribution in [3.05, 3.63) is 83.8 Å². The van der Waals surface area contributed by atoms with Crippen molar-refractivity contribution in [2.45, 2.75) is 12.5 Å². The van der Waals surface area contributed by atoms with E-state index in [9.17, 15) is 19.1 Å². The molecule has 4 nitrogen and oxygen atoms in total. The SMILES string of the molecule is O=C(/C=C\N[C@H](Cc1ccccc1)C(=O)O)c1ccc(F)cc1. The maximum absolute atomic E-state index is 12.8. The van der Waals surface area contributed by atoms with Crippen molar-refractivity contribution >= 4 is 11.8 Å². The Hall–Kier alpha value is -2.95. The van der Waals surface area contributed by atoms with Gasteiger partial charge in [-0.3, -0.25) is 4.79 Å². The molecule has 2 aromatic carbocycles. The molecular formula is C18H16FNO3. The normalized spacial score (nSPS) is 12.0. The number of hydrogen-bond donors (Lipinski definition) is 2. The van der Waals surface area contributed by atoms with E-state index in [4.69, 9.17) is 0 Å². The molecule has 2 rings (SSSR count). The molecule has 0 unspecified atom stereocenters. The Balaban J connectivity index is 1.96. The molecule has 2 N–H and O–H groups in total. The Morgan fingerprint density at radius 1 is 1.09 bits per heavy atom. The molecule has 0 saturated heterocycles. The number of nitrogens with one attached hydrogen (secondary N) is 1. The zero-order chi connectivity index (χ0) is 16.7. The monoisotopic (exact) mass is 313 g/mol. The van der Waals surface area contributed by atoms with Crippen LogP contribution in [0.1, 0.15) is 15.9 Å². The van der Waals surface area contributed by atoms with Gasteiger partial charge in [0.25, 0.3) is 0 Å². The van der Waals surface area contributed by atoms with Gasteiger partial charge in [-0.2, -0.15) is 0 Å². The van der Waals surface area contributed by atoms with Crippen LogP contribution < -0.4 is 5.32 Å². The van der Waals surface area contributed by atoms with Crippen LogP contribution in [0.3, 0.4) is 0 Å². The molecule has 23 heavy (non-hydrogen) atoms. The lowest BCUT2D eigenvalue weighted by Crippen LogP contribution is -2.35. The smallest absolute Gasteiger partial charge is 0.326 e. The van der Waals surface area contributed by atoms with Crippen LogP contribution in [0.4, 0.5) is 4.39 Å². The number of carbonyl (C=O) groups is 2. The summed E-state index contributed by atoms with van der Waals surface area (Å²) in [5.41, 5.74) is 1.21. The van der Waals surface area contributed by atoms with Gasteiger partial charge in [-0.05, 0) is 29.8 Å². The van der Waals surface area contributed by atoms with Crippen LogP contribution in [0.5, 0.6) is 0 Å². The fourth-order valence-electron chi connectivity index (χ4n) is 2.02. The second-order valence-electron chi connectivity index (χ2n) is 4.95. The topological polar surface area (TPSA) is 66.4 Å². The van der Waals surface area contributed by atoms with E-state index in [0.29, 0.717) is 12.0 Å². The van der Waals surface area contributed by atoms with E-state index in [2.05, 4.69) is 5.32 Å². The lowest BCUT2D eigenvalue weighted by molar-refractivity contribution is -0.139. The highest BCUT2D eigenvalue weighted by atomic mass is 19.1. The van der Waals surface area contributed by atoms with Gasteiger partial charge in [-0.1, -0.05) is 30.3 Å². The Kier molecular flexibility index (Phi) is 5.63. The molecule has 0 aliphatic heterocycles. The van der Waals surface area contributed by atoms with Crippen molar-refractivity contribution in [2.75, 3.05) is 0 Å². The highest BCUT2D eigenvalue weighted by Crippen LogP contribution is 2.05. The molecule has 0 heterocycles. The summed E-state index contributed by atoms with van der Waals surface area (Å²) >= 11 is 0. The maximum atomic E-state index is 12.8. The minimum Gasteiger partial charge on any atom is -0.480 e. The first-order chi connectivity index (χ1) is 11.1. The molecule has 0 fully saturated rings. The Bertz CT molecular complexity index is 696. The van der Waals surface area contributed by atoms with E-state index in [1.165, 1.54) is 36.5 Å². The van der Waals surface area contributed by atoms with Gasteiger partial charge >= 0.3 is 5.97 Å². The number of ketones is 1. The third kappa shape index (κ3) is 5.07. The highest BCUT2D eigenvalue weighted by molar-refractivity contribution is 6.04. The summed E-state index contributed by atoms with van der Waals surface area (Å²) in [5.74, 6) is -1.76. The zero-order valence-electron chi connectivity index (χ0n) is 12.3. The van der Waals surface area contributed by atoms with E-state index < -0.39 is 17.8 Å². The summed E-state index contributed by atoms with van der Waals surface area (Å²) in [4.78, 5) is 23.1. The molecule has 0 aromatic heterocycles. The van der Waals surface area contributed by atoms with E-state index in [-0.39, 0.29) is 5.78 Å². The first kappa shape index (κ1) is 16.4. The van der Waals surface area contributed by atoms with Crippen molar-refractivity contribution in [1.82, 2.24) is 5.32 Å². The van der Waals surface area contributed by atoms with Gasteiger partial charge in [0.05, 0.1) is 0 Å². The van der Waals surface area contributed by atoms with E-state index >= 15 is 0 Å². The van der Waals surface area contributed by atoms with Crippen LogP contribution in [0.2, 0.25) is 0 Å². The van der Waals surface area contributed by atoms with Gasteiger partial charge in [0.1, 0.15) is 11.9 Å². The number of carboxylic acid groups (broad SMARTS) is 1. The van der Waals surface area contributed by atoms with Crippen molar-refractivity contribution in [3.63, 3.8) is 0 Å². The number of aliphatic carboxylic acids is 1. The minimum atomic E-state index is -1.01. The standard InChI is InChI=1S/C18H16FNO3/c19-15-8-6-14(7-9-15)17(21)10-11-20-16(18(22)23)12-13-4-2-1-3-5-13/h1-11,16,20H,12H2,(H,22,23)/b11-10-/t16-/m1/s1. The summed E-state index contributed by atoms with van der Waals surface area (Å²) in [6.45, 7) is 0. The lowest BCUT2D eigenvalue weighted by atomic mass is 10.1. The quantitative estimate of drug-likeness (QED) is 0.609. The van der Waals surface area contributed by atoms with Gasteiger partial charge in [-0.25, -0.2) is 9.18 Å². The van der Waals surface area contributed by atoms with Gasteiger partial charge < -0.3 is 10.4 Å². The molecule has 118 valence electrons. The average Bonchev–Trinajstić information content (AvgIpc) is 2.55. The van der Waals surface area contributed by atoms with Crippen molar-refractivity contribution < 1.29 is 19.1 Å². The van der Waals surface area contributed by atoms with Gasteiger partial charge in [-0.15, -0.1) is 0 Å². The Morgan fingerprint density at radius 3 is 2.35 bits per heavy atom. The van der Waals surface area contributed by atoms with Gasteiger partial charge in [0.2, 0.25) is 0 Å². The van der Waals surface area contributed by atoms with E-state index in [1.807, 2.05) is 30.3 Å². The third-order valence-electron chi connectivity index (χ3n) is 3.24. The first-order valence-corrected chi connectivity index (χ1v) is 7.05. The van der Waals surface area contributed by atoms with Crippen LogP contribution in [-0.4, -0.2) is 22.9 Å². The predicted octanol–water partition coefficient (Wildman–Crippen LogP) is 2.81. The number of carbonyl (C=O) groups excluding carboxylic acids is 1. The molecule has 0 aliphatic rings. The van der Waals surface area contributed by atoms with Crippen LogP contribution >= 0.6 is 0 Å². The molecule has 2 aromatic rings. The minimum absolute atomic E-state index is 0.297. The predicted molar refractivity (Wildman–Crippen MR) is 84.6 cm³/mol. The summed E-state index contributed by atoms with van der Waals surface area (Å²) in [6.07, 6.45) is 2.84. The maximum Gasteiger partial charge on any atom is 0.326 e. The molecule has 0 amide bonds. The number of allylic oxidation sites excluding steroid dienone is 1. The fraction of sp³-hybridized carbons (Fsp3) is 0.111. The van der Waals surface area contributed by atoms with Crippen LogP contribution in [0.25, 0.3) is 0 Å². The number of benzene rings is 2. The number of hydrogen-bond acceptors (Lipinski definition) is 3. The average molecular weight is 313 g/mol. The molecule has 0 radical (unpaired) electrons. The van der Waals surface area contributed by atoms with Gasteiger partial charge in [0.15, 0.2) is 5.78 Å². The first-order valence-electron chi connectivity index (χ1n) is 7.05. The summed E-state index contributed by atoms with van der Waals surface area (Å²) in [6, 6.07) is 13.5. The third-order valence-corrected chi connectivity index (χ3v) is 3.24. The number of rotatable bonds is 7. The number of carboxylic acids is 1. The second-order valence-corrected chi connectivity index (χ2v) is 4.95. The largest absolute Gasteiger partial charge is 0.480 e. The van der Waals surface area contributed by atoms with Crippen LogP contribution in [0.15, 0.2) is 66.9 Å². The van der Waals surface area contributed by atoms with E-state index in [1.54, 1.807) is 0 Å². The summed E-state index contributed by atoms with van der Waals surface area (Å²) in [7, 11) is 0. The second kappa shape index (κ2) is 7.89. The van der Waals surface area contributed by atoms with Crippen LogP contribution in [-0.2, 0) is 11.2 Å². The Labute approximate surface area is 133 Å². The van der Waals surface area contributed by atoms with Crippen molar-refractivity contribution in [3.8, 4) is 0 Å². The fourth-order valence-corrected chi connectivity index (χ4v) is 2.02. The van der Waals surface area contributed by atoms with Crippen molar-refractivity contribution in [2.24, 2.45) is 0 Å². The zero-order valence-corrected chi connectivity index (χ0v) is 12.3. The van der Waals surface area contributed by atoms with Gasteiger partial charge in [0, 0.05) is 24.3 Å². The molecule has 0 saturated carbocycles. The summed E-state index contributed by atoms with van der Waals surface area (Å²) < 4.78 is 12.8. The molecule has 0 aliphatic carbocycles. The highest BCUT2D eigenvalue weighted by Gasteiger charge is 2.15. The molecule has 1 atom stereocenters. The Morgan fingerprint density at radius 2 is 1.74 bits per heavy atom. The molecule has 5 heteroatoms. The summed E-state index contributed by atoms with van der Waals surface area (Å²) in [5, 5.41) is 11.9. The molecular weight excluding hydrogens is 297 g/mol. The molecule has 0 spiro atoms.